The number of nitrogens with zero attached hydrogens (tertiary/aromatic N) is 2. The van der Waals surface area contributed by atoms with Gasteiger partial charge in [0.1, 0.15) is 12.7 Å². The van der Waals surface area contributed by atoms with Crippen molar-refractivity contribution >= 4 is 30.1 Å². The average molecular weight is 460 g/mol. The Labute approximate surface area is 190 Å². The standard InChI is InChI=1S/C22H24N2O9/c1-12(25)29-11-18-19(30-13(2)26)20(31-14(3)27)21(32-15(4)28)22(33-18)24-10-17-7-5-16(9-23)6-8-17/h5-8,10,18-22H,11H2,1-4H3/b24-10+/t18-,19+,20+,21-,22-/m1/s1. The summed E-state index contributed by atoms with van der Waals surface area (Å²) in [4.78, 5) is 50.9. The predicted octanol–water partition coefficient (Wildman–Crippen LogP) is 1.06. The Kier molecular flexibility index (Phi) is 9.06. The second-order valence-electron chi connectivity index (χ2n) is 7.10. The molecular formula is C22H24N2O9. The van der Waals surface area contributed by atoms with E-state index >= 15 is 0 Å². The molecule has 0 unspecified atom stereocenters. The highest BCUT2D eigenvalue weighted by molar-refractivity contribution is 5.80. The van der Waals surface area contributed by atoms with Crippen LogP contribution in [0.5, 0.6) is 0 Å². The van der Waals surface area contributed by atoms with E-state index in [9.17, 15) is 19.2 Å². The summed E-state index contributed by atoms with van der Waals surface area (Å²) >= 11 is 0. The van der Waals surface area contributed by atoms with Crippen molar-refractivity contribution in [3.05, 3.63) is 35.4 Å². The summed E-state index contributed by atoms with van der Waals surface area (Å²) in [5.41, 5.74) is 1.07. The minimum Gasteiger partial charge on any atom is -0.463 e. The number of hydrogen-bond acceptors (Lipinski definition) is 11. The fourth-order valence-corrected chi connectivity index (χ4v) is 3.13. The molecule has 1 heterocycles. The van der Waals surface area contributed by atoms with Crippen LogP contribution in [0.15, 0.2) is 29.3 Å². The lowest BCUT2D eigenvalue weighted by molar-refractivity contribution is -0.250. The maximum atomic E-state index is 11.8. The van der Waals surface area contributed by atoms with Crippen molar-refractivity contribution in [1.29, 1.82) is 5.26 Å². The Morgan fingerprint density at radius 3 is 1.97 bits per heavy atom. The van der Waals surface area contributed by atoms with E-state index in [1.165, 1.54) is 13.1 Å². The van der Waals surface area contributed by atoms with Gasteiger partial charge in [-0.1, -0.05) is 12.1 Å². The van der Waals surface area contributed by atoms with Crippen molar-refractivity contribution in [2.45, 2.75) is 58.3 Å². The molecule has 0 aliphatic carbocycles. The van der Waals surface area contributed by atoms with Crippen LogP contribution in [-0.4, -0.2) is 67.3 Å². The SMILES string of the molecule is CC(=O)OC[C@H]1O[C@@H](/N=C/c2ccc(C#N)cc2)[C@H](OC(C)=O)[C@@H](OC(C)=O)[C@H]1OC(C)=O. The van der Waals surface area contributed by atoms with Gasteiger partial charge in [-0.05, 0) is 17.7 Å². The second-order valence-corrected chi connectivity index (χ2v) is 7.10. The van der Waals surface area contributed by atoms with Gasteiger partial charge in [-0.2, -0.15) is 5.26 Å². The van der Waals surface area contributed by atoms with E-state index < -0.39 is 54.5 Å². The Hall–Kier alpha value is -3.78. The molecule has 11 nitrogen and oxygen atoms in total. The number of hydrogen-bond donors (Lipinski definition) is 0. The third-order valence-electron chi connectivity index (χ3n) is 4.38. The molecule has 11 heteroatoms. The molecule has 33 heavy (non-hydrogen) atoms. The lowest BCUT2D eigenvalue weighted by atomic mass is 9.97. The summed E-state index contributed by atoms with van der Waals surface area (Å²) < 4.78 is 26.8. The lowest BCUT2D eigenvalue weighted by Gasteiger charge is -2.43. The number of rotatable bonds is 7. The summed E-state index contributed by atoms with van der Waals surface area (Å²) in [6.45, 7) is 4.29. The molecule has 5 atom stereocenters. The zero-order valence-corrected chi connectivity index (χ0v) is 18.5. The first-order valence-electron chi connectivity index (χ1n) is 9.94. The molecule has 1 aliphatic heterocycles. The average Bonchev–Trinajstić information content (AvgIpc) is 2.73. The third-order valence-corrected chi connectivity index (χ3v) is 4.38. The van der Waals surface area contributed by atoms with Crippen LogP contribution in [0.4, 0.5) is 0 Å². The topological polar surface area (TPSA) is 151 Å². The summed E-state index contributed by atoms with van der Waals surface area (Å²) in [5, 5.41) is 8.92. The van der Waals surface area contributed by atoms with Crippen LogP contribution < -0.4 is 0 Å². The van der Waals surface area contributed by atoms with Crippen molar-refractivity contribution in [3.8, 4) is 6.07 Å². The molecule has 176 valence electrons. The molecule has 2 rings (SSSR count). The van der Waals surface area contributed by atoms with Gasteiger partial charge in [0, 0.05) is 33.9 Å². The zero-order chi connectivity index (χ0) is 24.5. The van der Waals surface area contributed by atoms with E-state index in [2.05, 4.69) is 4.99 Å². The lowest BCUT2D eigenvalue weighted by Crippen LogP contribution is -2.62. The number of carbonyl (C=O) groups excluding carboxylic acids is 4. The van der Waals surface area contributed by atoms with Crippen molar-refractivity contribution < 1.29 is 42.9 Å². The molecular weight excluding hydrogens is 436 g/mol. The quantitative estimate of drug-likeness (QED) is 0.328. The van der Waals surface area contributed by atoms with Crippen molar-refractivity contribution in [1.82, 2.24) is 0 Å². The van der Waals surface area contributed by atoms with E-state index in [4.69, 9.17) is 28.9 Å². The van der Waals surface area contributed by atoms with Gasteiger partial charge in [-0.25, -0.2) is 0 Å². The monoisotopic (exact) mass is 460 g/mol. The Bertz CT molecular complexity index is 952. The number of benzene rings is 1. The van der Waals surface area contributed by atoms with Gasteiger partial charge in [0.05, 0.1) is 11.6 Å². The summed E-state index contributed by atoms with van der Waals surface area (Å²) in [6, 6.07) is 8.48. The number of carbonyl (C=O) groups is 4. The summed E-state index contributed by atoms with van der Waals surface area (Å²) in [7, 11) is 0. The van der Waals surface area contributed by atoms with Crippen LogP contribution in [0.2, 0.25) is 0 Å². The van der Waals surface area contributed by atoms with Gasteiger partial charge in [0.2, 0.25) is 0 Å². The molecule has 0 saturated carbocycles. The Morgan fingerprint density at radius 1 is 0.909 bits per heavy atom. The number of esters is 4. The van der Waals surface area contributed by atoms with Gasteiger partial charge < -0.3 is 23.7 Å². The maximum Gasteiger partial charge on any atom is 0.303 e. The Balaban J connectivity index is 2.44. The Morgan fingerprint density at radius 2 is 1.45 bits per heavy atom. The smallest absolute Gasteiger partial charge is 0.303 e. The van der Waals surface area contributed by atoms with Crippen LogP contribution in [0.1, 0.15) is 38.8 Å². The molecule has 1 saturated heterocycles. The molecule has 0 spiro atoms. The van der Waals surface area contributed by atoms with E-state index in [0.717, 1.165) is 20.8 Å². The largest absolute Gasteiger partial charge is 0.463 e. The third kappa shape index (κ3) is 7.69. The maximum absolute atomic E-state index is 11.8. The fraction of sp³-hybridized carbons (Fsp3) is 0.455. The van der Waals surface area contributed by atoms with E-state index in [0.29, 0.717) is 11.1 Å². The summed E-state index contributed by atoms with van der Waals surface area (Å²) in [5.74, 6) is -2.75. The molecule has 1 aromatic rings. The fourth-order valence-electron chi connectivity index (χ4n) is 3.13. The van der Waals surface area contributed by atoms with E-state index in [1.807, 2.05) is 6.07 Å². The highest BCUT2D eigenvalue weighted by Gasteiger charge is 2.52. The molecule has 0 bridgehead atoms. The van der Waals surface area contributed by atoms with Crippen molar-refractivity contribution in [3.63, 3.8) is 0 Å². The zero-order valence-electron chi connectivity index (χ0n) is 18.5. The van der Waals surface area contributed by atoms with Crippen LogP contribution >= 0.6 is 0 Å². The first-order valence-corrected chi connectivity index (χ1v) is 9.94. The number of aliphatic imine (C=N–C) groups is 1. The predicted molar refractivity (Wildman–Crippen MR) is 111 cm³/mol. The van der Waals surface area contributed by atoms with Gasteiger partial charge in [-0.3, -0.25) is 24.2 Å². The normalized spacial score (nSPS) is 24.4. The molecule has 1 aliphatic rings. The highest BCUT2D eigenvalue weighted by Crippen LogP contribution is 2.30. The molecule has 0 amide bonds. The van der Waals surface area contributed by atoms with Gasteiger partial charge in [-0.15, -0.1) is 0 Å². The van der Waals surface area contributed by atoms with Gasteiger partial charge in [0.15, 0.2) is 24.5 Å². The molecule has 0 N–H and O–H groups in total. The number of nitriles is 1. The molecule has 0 radical (unpaired) electrons. The van der Waals surface area contributed by atoms with Crippen LogP contribution in [0.3, 0.4) is 0 Å². The minimum atomic E-state index is -1.28. The van der Waals surface area contributed by atoms with Crippen LogP contribution in [0, 0.1) is 11.3 Å². The van der Waals surface area contributed by atoms with Crippen LogP contribution in [0.25, 0.3) is 0 Å². The molecule has 0 aromatic heterocycles. The van der Waals surface area contributed by atoms with Crippen LogP contribution in [-0.2, 0) is 42.9 Å². The second kappa shape index (κ2) is 11.7. The summed E-state index contributed by atoms with van der Waals surface area (Å²) in [6.07, 6.45) is -4.64. The number of ether oxygens (including phenoxy) is 5. The van der Waals surface area contributed by atoms with Gasteiger partial charge >= 0.3 is 23.9 Å². The molecule has 1 fully saturated rings. The highest BCUT2D eigenvalue weighted by atomic mass is 16.7. The first kappa shape index (κ1) is 25.5. The minimum absolute atomic E-state index is 0.333. The van der Waals surface area contributed by atoms with Crippen molar-refractivity contribution in [2.24, 2.45) is 4.99 Å². The molecule has 1 aromatic carbocycles. The first-order chi connectivity index (χ1) is 15.6. The van der Waals surface area contributed by atoms with Gasteiger partial charge in [0.25, 0.3) is 0 Å². The van der Waals surface area contributed by atoms with E-state index in [1.54, 1.807) is 24.3 Å². The van der Waals surface area contributed by atoms with Crippen molar-refractivity contribution in [2.75, 3.05) is 6.61 Å². The van der Waals surface area contributed by atoms with E-state index in [-0.39, 0.29) is 6.61 Å².